The van der Waals surface area contributed by atoms with Gasteiger partial charge in [0.15, 0.2) is 0 Å². The monoisotopic (exact) mass is 182 g/mol. The molecule has 2 heteroatoms. The van der Waals surface area contributed by atoms with E-state index in [4.69, 9.17) is 9.47 Å². The van der Waals surface area contributed by atoms with Gasteiger partial charge in [0.25, 0.3) is 0 Å². The van der Waals surface area contributed by atoms with E-state index in [1.165, 1.54) is 0 Å². The summed E-state index contributed by atoms with van der Waals surface area (Å²) in [6.45, 7) is 1.45. The first-order chi connectivity index (χ1) is 6.41. The van der Waals surface area contributed by atoms with Crippen molar-refractivity contribution in [2.45, 2.75) is 6.42 Å². The van der Waals surface area contributed by atoms with Gasteiger partial charge >= 0.3 is 0 Å². The molecule has 2 nitrogen and oxygen atoms in total. The van der Waals surface area contributed by atoms with Gasteiger partial charge in [-0.25, -0.2) is 0 Å². The van der Waals surface area contributed by atoms with Crippen molar-refractivity contribution in [2.75, 3.05) is 27.4 Å². The number of allylic oxidation sites excluding steroid dienone is 4. The van der Waals surface area contributed by atoms with E-state index in [-0.39, 0.29) is 0 Å². The highest BCUT2D eigenvalue weighted by molar-refractivity contribution is 5.10. The van der Waals surface area contributed by atoms with Gasteiger partial charge in [0.05, 0.1) is 6.61 Å². The van der Waals surface area contributed by atoms with Crippen LogP contribution in [0.25, 0.3) is 0 Å². The minimum atomic E-state index is 0.664. The van der Waals surface area contributed by atoms with E-state index >= 15 is 0 Å². The average Bonchev–Trinajstić information content (AvgIpc) is 2.16. The molecule has 0 saturated heterocycles. The molecule has 0 radical (unpaired) electrons. The summed E-state index contributed by atoms with van der Waals surface area (Å²) in [5.74, 6) is 0. The van der Waals surface area contributed by atoms with Crippen LogP contribution in [-0.2, 0) is 9.47 Å². The van der Waals surface area contributed by atoms with Gasteiger partial charge in [0.2, 0.25) is 0 Å². The molecule has 0 unspecified atom stereocenters. The Kier molecular flexibility index (Phi) is 10.4. The normalized spacial score (nSPS) is 12.5. The summed E-state index contributed by atoms with van der Waals surface area (Å²) in [5, 5.41) is 0. The highest BCUT2D eigenvalue weighted by Gasteiger charge is 1.74. The molecule has 0 N–H and O–H groups in total. The quantitative estimate of drug-likeness (QED) is 0.444. The highest BCUT2D eigenvalue weighted by Crippen LogP contribution is 1.85. The van der Waals surface area contributed by atoms with Crippen molar-refractivity contribution in [3.8, 4) is 0 Å². The summed E-state index contributed by atoms with van der Waals surface area (Å²) < 4.78 is 9.74. The molecule has 0 atom stereocenters. The van der Waals surface area contributed by atoms with E-state index in [0.29, 0.717) is 6.61 Å². The number of rotatable bonds is 7. The van der Waals surface area contributed by atoms with E-state index in [1.807, 2.05) is 30.4 Å². The smallest absolute Gasteiger partial charge is 0.0646 e. The maximum Gasteiger partial charge on any atom is 0.0646 e. The molecule has 0 bridgehead atoms. The van der Waals surface area contributed by atoms with Crippen LogP contribution in [0.5, 0.6) is 0 Å². The Balaban J connectivity index is 3.34. The molecule has 0 aliphatic rings. The zero-order chi connectivity index (χ0) is 9.78. The highest BCUT2D eigenvalue weighted by atomic mass is 16.5. The maximum atomic E-state index is 4.90. The minimum absolute atomic E-state index is 0.664. The topological polar surface area (TPSA) is 18.5 Å². The third kappa shape index (κ3) is 11.1. The number of hydrogen-bond donors (Lipinski definition) is 0. The second-order valence-electron chi connectivity index (χ2n) is 2.48. The van der Waals surface area contributed by atoms with Crippen LogP contribution in [0.15, 0.2) is 36.5 Å². The fourth-order valence-corrected chi connectivity index (χ4v) is 0.719. The fraction of sp³-hybridized carbons (Fsp3) is 0.455. The first-order valence-corrected chi connectivity index (χ1v) is 4.38. The molecule has 0 saturated carbocycles. The molecule has 0 amide bonds. The molecule has 0 aromatic carbocycles. The lowest BCUT2D eigenvalue weighted by Gasteiger charge is -1.88. The molecule has 0 aromatic heterocycles. The summed E-state index contributed by atoms with van der Waals surface area (Å²) in [7, 11) is 3.38. The molecular formula is C11H18O2. The van der Waals surface area contributed by atoms with E-state index < -0.39 is 0 Å². The second-order valence-corrected chi connectivity index (χ2v) is 2.48. The third-order valence-electron chi connectivity index (χ3n) is 1.36. The predicted octanol–water partition coefficient (Wildman–Crippen LogP) is 2.34. The van der Waals surface area contributed by atoms with E-state index in [9.17, 15) is 0 Å². The third-order valence-corrected chi connectivity index (χ3v) is 1.36. The Hall–Kier alpha value is -0.860. The molecule has 0 aromatic rings. The Morgan fingerprint density at radius 2 is 1.54 bits per heavy atom. The Labute approximate surface area is 80.5 Å². The SMILES string of the molecule is COC/C=C/C=C/C=C/CCOC. The number of hydrogen-bond acceptors (Lipinski definition) is 2. The Morgan fingerprint density at radius 3 is 2.15 bits per heavy atom. The lowest BCUT2D eigenvalue weighted by atomic mass is 10.3. The number of ether oxygens (including phenoxy) is 2. The minimum Gasteiger partial charge on any atom is -0.384 e. The van der Waals surface area contributed by atoms with Crippen LogP contribution in [0.2, 0.25) is 0 Å². The molecule has 0 rings (SSSR count). The van der Waals surface area contributed by atoms with Crippen LogP contribution in [0.3, 0.4) is 0 Å². The zero-order valence-corrected chi connectivity index (χ0v) is 8.40. The van der Waals surface area contributed by atoms with Gasteiger partial charge in [0.1, 0.15) is 0 Å². The van der Waals surface area contributed by atoms with Crippen molar-refractivity contribution in [2.24, 2.45) is 0 Å². The molecule has 0 spiro atoms. The zero-order valence-electron chi connectivity index (χ0n) is 8.40. The molecule has 0 heterocycles. The van der Waals surface area contributed by atoms with Gasteiger partial charge in [-0.15, -0.1) is 0 Å². The van der Waals surface area contributed by atoms with Crippen LogP contribution >= 0.6 is 0 Å². The number of methoxy groups -OCH3 is 2. The summed E-state index contributed by atoms with van der Waals surface area (Å²) in [5.41, 5.74) is 0. The fourth-order valence-electron chi connectivity index (χ4n) is 0.719. The van der Waals surface area contributed by atoms with Crippen molar-refractivity contribution < 1.29 is 9.47 Å². The summed E-state index contributed by atoms with van der Waals surface area (Å²) >= 11 is 0. The van der Waals surface area contributed by atoms with Gasteiger partial charge in [-0.3, -0.25) is 0 Å². The largest absolute Gasteiger partial charge is 0.384 e. The van der Waals surface area contributed by atoms with Crippen LogP contribution in [0, 0.1) is 0 Å². The van der Waals surface area contributed by atoms with Crippen LogP contribution in [0.1, 0.15) is 6.42 Å². The Bertz CT molecular complexity index is 169. The molecule has 0 aliphatic carbocycles. The van der Waals surface area contributed by atoms with Gasteiger partial charge in [0, 0.05) is 20.8 Å². The average molecular weight is 182 g/mol. The molecule has 0 fully saturated rings. The van der Waals surface area contributed by atoms with E-state index in [2.05, 4.69) is 6.08 Å². The standard InChI is InChI=1S/C11H18O2/c1-12-10-8-6-4-3-5-7-9-11-13-2/h3-8H,9-11H2,1-2H3/b4-3+,7-5+,8-6+. The first kappa shape index (κ1) is 12.1. The lowest BCUT2D eigenvalue weighted by molar-refractivity contribution is 0.204. The van der Waals surface area contributed by atoms with Crippen molar-refractivity contribution in [1.82, 2.24) is 0 Å². The summed E-state index contributed by atoms with van der Waals surface area (Å²) in [6, 6.07) is 0. The molecule has 0 aliphatic heterocycles. The summed E-state index contributed by atoms with van der Waals surface area (Å²) in [6.07, 6.45) is 12.9. The van der Waals surface area contributed by atoms with Crippen molar-refractivity contribution in [1.29, 1.82) is 0 Å². The van der Waals surface area contributed by atoms with Gasteiger partial charge in [-0.1, -0.05) is 36.5 Å². The molecule has 74 valence electrons. The van der Waals surface area contributed by atoms with E-state index in [1.54, 1.807) is 14.2 Å². The lowest BCUT2D eigenvalue weighted by Crippen LogP contribution is -1.82. The maximum absolute atomic E-state index is 4.90. The van der Waals surface area contributed by atoms with Gasteiger partial charge in [-0.2, -0.15) is 0 Å². The molecular weight excluding hydrogens is 164 g/mol. The van der Waals surface area contributed by atoms with Crippen molar-refractivity contribution >= 4 is 0 Å². The van der Waals surface area contributed by atoms with Gasteiger partial charge in [-0.05, 0) is 6.42 Å². The molecule has 13 heavy (non-hydrogen) atoms. The second kappa shape index (κ2) is 11.1. The van der Waals surface area contributed by atoms with Crippen LogP contribution in [0.4, 0.5) is 0 Å². The van der Waals surface area contributed by atoms with Crippen molar-refractivity contribution in [3.05, 3.63) is 36.5 Å². The summed E-state index contributed by atoms with van der Waals surface area (Å²) in [4.78, 5) is 0. The van der Waals surface area contributed by atoms with Crippen LogP contribution < -0.4 is 0 Å². The first-order valence-electron chi connectivity index (χ1n) is 4.38. The van der Waals surface area contributed by atoms with Gasteiger partial charge < -0.3 is 9.47 Å². The predicted molar refractivity (Wildman–Crippen MR) is 55.8 cm³/mol. The van der Waals surface area contributed by atoms with Crippen LogP contribution in [-0.4, -0.2) is 27.4 Å². The van der Waals surface area contributed by atoms with Crippen molar-refractivity contribution in [3.63, 3.8) is 0 Å². The van der Waals surface area contributed by atoms with E-state index in [0.717, 1.165) is 13.0 Å². The Morgan fingerprint density at radius 1 is 0.846 bits per heavy atom.